The number of benzene rings is 1. The Labute approximate surface area is 101 Å². The van der Waals surface area contributed by atoms with Crippen molar-refractivity contribution in [2.24, 2.45) is 0 Å². The largest absolute Gasteiger partial charge is 0.496 e. The lowest BCUT2D eigenvalue weighted by atomic mass is 10.1. The van der Waals surface area contributed by atoms with Crippen LogP contribution in [0.3, 0.4) is 0 Å². The van der Waals surface area contributed by atoms with E-state index in [0.717, 1.165) is 5.56 Å². The van der Waals surface area contributed by atoms with Gasteiger partial charge in [0.2, 0.25) is 0 Å². The lowest BCUT2D eigenvalue weighted by Gasteiger charge is -2.11. The second kappa shape index (κ2) is 5.37. The van der Waals surface area contributed by atoms with E-state index < -0.39 is 5.97 Å². The first kappa shape index (κ1) is 12.3. The van der Waals surface area contributed by atoms with Crippen LogP contribution in [0.1, 0.15) is 11.1 Å². The first-order valence-electron chi connectivity index (χ1n) is 4.22. The highest BCUT2D eigenvalue weighted by atomic mass is 79.9. The molecule has 0 saturated heterocycles. The van der Waals surface area contributed by atoms with Gasteiger partial charge in [-0.3, -0.25) is 4.79 Å². The van der Waals surface area contributed by atoms with Crippen molar-refractivity contribution >= 4 is 33.5 Å². The summed E-state index contributed by atoms with van der Waals surface area (Å²) in [7, 11) is 1.49. The van der Waals surface area contributed by atoms with Crippen molar-refractivity contribution in [3.8, 4) is 5.75 Å². The van der Waals surface area contributed by atoms with Crippen LogP contribution in [0.4, 0.5) is 0 Å². The zero-order valence-corrected chi connectivity index (χ0v) is 10.4. The first-order chi connectivity index (χ1) is 7.10. The molecule has 0 atom stereocenters. The number of ether oxygens (including phenoxy) is 1. The summed E-state index contributed by atoms with van der Waals surface area (Å²) in [4.78, 5) is 10.7. The number of carboxylic acid groups (broad SMARTS) is 1. The molecule has 0 aliphatic heterocycles. The maximum atomic E-state index is 10.7. The van der Waals surface area contributed by atoms with Crippen molar-refractivity contribution in [3.63, 3.8) is 0 Å². The van der Waals surface area contributed by atoms with E-state index in [4.69, 9.17) is 21.4 Å². The van der Waals surface area contributed by atoms with Crippen LogP contribution in [-0.4, -0.2) is 18.2 Å². The Balaban J connectivity index is 3.22. The number of hydrogen-bond acceptors (Lipinski definition) is 2. The number of carboxylic acids is 1. The molecule has 1 aromatic carbocycles. The van der Waals surface area contributed by atoms with Gasteiger partial charge in [0.1, 0.15) is 5.75 Å². The predicted octanol–water partition coefficient (Wildman–Crippen LogP) is 2.87. The molecule has 0 aliphatic rings. The average Bonchev–Trinajstić information content (AvgIpc) is 2.20. The Morgan fingerprint density at radius 2 is 2.27 bits per heavy atom. The molecule has 1 aromatic rings. The Bertz CT molecular complexity index is 379. The van der Waals surface area contributed by atoms with Gasteiger partial charge in [-0.15, -0.1) is 0 Å². The van der Waals surface area contributed by atoms with Gasteiger partial charge in [0.15, 0.2) is 0 Å². The highest BCUT2D eigenvalue weighted by Crippen LogP contribution is 2.31. The Morgan fingerprint density at radius 3 is 2.73 bits per heavy atom. The van der Waals surface area contributed by atoms with Crippen LogP contribution in [-0.2, 0) is 16.5 Å². The van der Waals surface area contributed by atoms with Gasteiger partial charge >= 0.3 is 5.97 Å². The van der Waals surface area contributed by atoms with Crippen molar-refractivity contribution in [1.82, 2.24) is 0 Å². The Morgan fingerprint density at radius 1 is 1.60 bits per heavy atom. The molecule has 15 heavy (non-hydrogen) atoms. The number of aliphatic carboxylic acids is 1. The fourth-order valence-electron chi connectivity index (χ4n) is 1.26. The van der Waals surface area contributed by atoms with Crippen LogP contribution in [0.25, 0.3) is 0 Å². The van der Waals surface area contributed by atoms with Crippen molar-refractivity contribution in [3.05, 3.63) is 28.3 Å². The molecule has 5 heteroatoms. The predicted molar refractivity (Wildman–Crippen MR) is 62.0 cm³/mol. The topological polar surface area (TPSA) is 46.5 Å². The van der Waals surface area contributed by atoms with Gasteiger partial charge in [-0.05, 0) is 11.6 Å². The van der Waals surface area contributed by atoms with Gasteiger partial charge < -0.3 is 9.84 Å². The summed E-state index contributed by atoms with van der Waals surface area (Å²) in [5.41, 5.74) is 1.37. The van der Waals surface area contributed by atoms with Gasteiger partial charge in [-0.25, -0.2) is 0 Å². The second-order valence-corrected chi connectivity index (χ2v) is 3.86. The number of alkyl halides is 1. The van der Waals surface area contributed by atoms with E-state index in [2.05, 4.69) is 15.9 Å². The molecular weight excluding hydrogens is 283 g/mol. The number of halogens is 2. The van der Waals surface area contributed by atoms with Crippen molar-refractivity contribution in [2.45, 2.75) is 11.8 Å². The molecule has 0 saturated carbocycles. The average molecular weight is 294 g/mol. The quantitative estimate of drug-likeness (QED) is 0.868. The minimum Gasteiger partial charge on any atom is -0.496 e. The summed E-state index contributed by atoms with van der Waals surface area (Å²) in [5.74, 6) is -0.422. The monoisotopic (exact) mass is 292 g/mol. The van der Waals surface area contributed by atoms with E-state index >= 15 is 0 Å². The van der Waals surface area contributed by atoms with Crippen LogP contribution >= 0.6 is 27.5 Å². The fraction of sp³-hybridized carbons (Fsp3) is 0.300. The smallest absolute Gasteiger partial charge is 0.308 e. The third-order valence-corrected chi connectivity index (χ3v) is 3.05. The van der Waals surface area contributed by atoms with Crippen LogP contribution < -0.4 is 4.74 Å². The number of carbonyl (C=O) groups is 1. The summed E-state index contributed by atoms with van der Waals surface area (Å²) in [6.07, 6.45) is -0.136. The zero-order chi connectivity index (χ0) is 11.4. The molecule has 3 nitrogen and oxygen atoms in total. The molecule has 1 rings (SSSR count). The first-order valence-corrected chi connectivity index (χ1v) is 5.72. The maximum Gasteiger partial charge on any atom is 0.308 e. The van der Waals surface area contributed by atoms with Crippen LogP contribution in [0.15, 0.2) is 12.1 Å². The maximum absolute atomic E-state index is 10.7. The minimum absolute atomic E-state index is 0.136. The molecule has 82 valence electrons. The molecular formula is C10H10BrClO3. The summed E-state index contributed by atoms with van der Waals surface area (Å²) in [5, 5.41) is 9.79. The third kappa shape index (κ3) is 2.86. The molecule has 0 amide bonds. The van der Waals surface area contributed by atoms with Crippen LogP contribution in [0.2, 0.25) is 5.02 Å². The molecule has 0 unspecified atom stereocenters. The Kier molecular flexibility index (Phi) is 4.42. The van der Waals surface area contributed by atoms with Gasteiger partial charge in [0.25, 0.3) is 0 Å². The summed E-state index contributed by atoms with van der Waals surface area (Å²) in [6, 6.07) is 3.53. The molecule has 0 bridgehead atoms. The highest BCUT2D eigenvalue weighted by Gasteiger charge is 2.14. The number of methoxy groups -OCH3 is 1. The number of rotatable bonds is 4. The second-order valence-electron chi connectivity index (χ2n) is 2.92. The zero-order valence-electron chi connectivity index (χ0n) is 8.09. The van der Waals surface area contributed by atoms with Gasteiger partial charge in [0.05, 0.1) is 18.6 Å². The van der Waals surface area contributed by atoms with E-state index in [1.54, 1.807) is 12.1 Å². The highest BCUT2D eigenvalue weighted by molar-refractivity contribution is 9.08. The van der Waals surface area contributed by atoms with E-state index in [0.29, 0.717) is 21.7 Å². The molecule has 0 aromatic heterocycles. The van der Waals surface area contributed by atoms with Crippen molar-refractivity contribution in [2.75, 3.05) is 7.11 Å². The molecule has 0 heterocycles. The normalized spacial score (nSPS) is 10.1. The Hall–Kier alpha value is -0.740. The molecule has 0 spiro atoms. The van der Waals surface area contributed by atoms with Gasteiger partial charge in [0, 0.05) is 10.9 Å². The molecule has 0 radical (unpaired) electrons. The van der Waals surface area contributed by atoms with Gasteiger partial charge in [-0.2, -0.15) is 0 Å². The summed E-state index contributed by atoms with van der Waals surface area (Å²) < 4.78 is 5.06. The van der Waals surface area contributed by atoms with E-state index in [1.165, 1.54) is 7.11 Å². The van der Waals surface area contributed by atoms with E-state index in [1.807, 2.05) is 0 Å². The number of hydrogen-bond donors (Lipinski definition) is 1. The standard InChI is InChI=1S/C10H10BrClO3/c1-15-8-3-2-6(5-11)10(12)7(8)4-9(13)14/h2-3H,4-5H2,1H3,(H,13,14). The minimum atomic E-state index is -0.929. The molecule has 1 N–H and O–H groups in total. The SMILES string of the molecule is COc1ccc(CBr)c(Cl)c1CC(=O)O. The van der Waals surface area contributed by atoms with Crippen molar-refractivity contribution in [1.29, 1.82) is 0 Å². The lowest BCUT2D eigenvalue weighted by molar-refractivity contribution is -0.136. The summed E-state index contributed by atoms with van der Waals surface area (Å²) in [6.45, 7) is 0. The summed E-state index contributed by atoms with van der Waals surface area (Å²) >= 11 is 9.35. The fourth-order valence-corrected chi connectivity index (χ4v) is 2.18. The van der Waals surface area contributed by atoms with Crippen molar-refractivity contribution < 1.29 is 14.6 Å². The third-order valence-electron chi connectivity index (χ3n) is 1.97. The molecule has 0 fully saturated rings. The van der Waals surface area contributed by atoms with Crippen LogP contribution in [0, 0.1) is 0 Å². The van der Waals surface area contributed by atoms with E-state index in [9.17, 15) is 4.79 Å². The van der Waals surface area contributed by atoms with Gasteiger partial charge in [-0.1, -0.05) is 33.6 Å². The lowest BCUT2D eigenvalue weighted by Crippen LogP contribution is -2.04. The van der Waals surface area contributed by atoms with E-state index in [-0.39, 0.29) is 6.42 Å². The molecule has 0 aliphatic carbocycles. The van der Waals surface area contributed by atoms with Crippen LogP contribution in [0.5, 0.6) is 5.75 Å².